The summed E-state index contributed by atoms with van der Waals surface area (Å²) in [7, 11) is 0. The molecule has 0 amide bonds. The van der Waals surface area contributed by atoms with Crippen molar-refractivity contribution in [2.75, 3.05) is 12.5 Å². The molecule has 0 aliphatic carbocycles. The molecule has 5 heteroatoms. The molecule has 0 aliphatic heterocycles. The van der Waals surface area contributed by atoms with Crippen LogP contribution in [0.5, 0.6) is 0 Å². The molecular weight excluding hydrogens is 568 g/mol. The van der Waals surface area contributed by atoms with Crippen molar-refractivity contribution in [3.05, 3.63) is 12.2 Å². The molecule has 0 N–H and O–H groups in total. The second-order valence-corrected chi connectivity index (χ2v) is 13.3. The van der Waals surface area contributed by atoms with E-state index in [2.05, 4.69) is 26.0 Å². The number of unbranched alkanes of at least 4 members (excludes halogenated alkanes) is 25. The van der Waals surface area contributed by atoms with Crippen LogP contribution < -0.4 is 0 Å². The van der Waals surface area contributed by atoms with Crippen LogP contribution in [0.1, 0.15) is 206 Å². The Hall–Kier alpha value is -1.03. The van der Waals surface area contributed by atoms with Gasteiger partial charge in [-0.2, -0.15) is 0 Å². The zero-order chi connectivity index (χ0) is 32.2. The Bertz CT molecular complexity index is 636. The minimum atomic E-state index is -0.557. The maximum Gasteiger partial charge on any atom is 0.306 e. The number of carbonyl (C=O) groups excluding carboxylic acids is 2. The van der Waals surface area contributed by atoms with E-state index in [1.807, 2.05) is 0 Å². The van der Waals surface area contributed by atoms with Crippen LogP contribution in [-0.2, 0) is 19.1 Å². The average Bonchev–Trinajstić information content (AvgIpc) is 3.02. The Labute approximate surface area is 279 Å². The number of alkyl halides is 1. The summed E-state index contributed by atoms with van der Waals surface area (Å²) in [6, 6.07) is 0. The maximum atomic E-state index is 12.2. The fraction of sp³-hybridized carbons (Fsp3) is 0.897. The molecule has 0 heterocycles. The van der Waals surface area contributed by atoms with Crippen molar-refractivity contribution in [3.8, 4) is 0 Å². The van der Waals surface area contributed by atoms with E-state index in [1.165, 1.54) is 141 Å². The van der Waals surface area contributed by atoms with Gasteiger partial charge in [0.15, 0.2) is 0 Å². The lowest BCUT2D eigenvalue weighted by Crippen LogP contribution is -2.26. The molecule has 0 fully saturated rings. The lowest BCUT2D eigenvalue weighted by Gasteiger charge is -2.15. The molecule has 0 unspecified atom stereocenters. The predicted octanol–water partition coefficient (Wildman–Crippen LogP) is 13.0. The maximum absolute atomic E-state index is 12.2. The van der Waals surface area contributed by atoms with Gasteiger partial charge in [0.1, 0.15) is 12.7 Å². The van der Waals surface area contributed by atoms with Crippen LogP contribution in [-0.4, -0.2) is 30.5 Å². The fourth-order valence-electron chi connectivity index (χ4n) is 5.59. The zero-order valence-corrected chi connectivity index (χ0v) is 30.1. The molecular formula is C39H73ClO4. The van der Waals surface area contributed by atoms with Gasteiger partial charge in [-0.25, -0.2) is 0 Å². The second-order valence-electron chi connectivity index (χ2n) is 13.0. The summed E-state index contributed by atoms with van der Waals surface area (Å²) < 4.78 is 10.8. The van der Waals surface area contributed by atoms with Crippen LogP contribution in [0, 0.1) is 0 Å². The standard InChI is InChI=1S/C39H73ClO4/c1-3-5-7-9-11-13-15-17-19-21-23-25-27-29-31-33-38(41)43-36-37(35-40)44-39(42)34-32-30-28-26-24-22-20-18-16-14-12-10-8-6-4-2/h17,19,37H,3-16,18,20-36H2,1-2H3/b19-17-/t37-/m1/s1. The number of ether oxygens (including phenoxy) is 2. The molecule has 0 rings (SSSR count). The Balaban J connectivity index is 3.53. The van der Waals surface area contributed by atoms with Gasteiger partial charge in [-0.3, -0.25) is 9.59 Å². The van der Waals surface area contributed by atoms with Crippen LogP contribution in [0.2, 0.25) is 0 Å². The molecule has 0 saturated heterocycles. The third kappa shape index (κ3) is 33.9. The smallest absolute Gasteiger partial charge is 0.306 e. The van der Waals surface area contributed by atoms with E-state index < -0.39 is 6.10 Å². The first-order chi connectivity index (χ1) is 21.6. The van der Waals surface area contributed by atoms with Gasteiger partial charge < -0.3 is 9.47 Å². The van der Waals surface area contributed by atoms with Crippen molar-refractivity contribution in [1.82, 2.24) is 0 Å². The Morgan fingerprint density at radius 3 is 1.23 bits per heavy atom. The van der Waals surface area contributed by atoms with Crippen molar-refractivity contribution in [3.63, 3.8) is 0 Å². The summed E-state index contributed by atoms with van der Waals surface area (Å²) in [6.45, 7) is 4.59. The highest BCUT2D eigenvalue weighted by atomic mass is 35.5. The van der Waals surface area contributed by atoms with Crippen molar-refractivity contribution < 1.29 is 19.1 Å². The molecule has 0 aromatic rings. The van der Waals surface area contributed by atoms with E-state index in [4.69, 9.17) is 21.1 Å². The molecule has 0 bridgehead atoms. The quantitative estimate of drug-likeness (QED) is 0.0299. The van der Waals surface area contributed by atoms with Crippen molar-refractivity contribution in [2.24, 2.45) is 0 Å². The highest BCUT2D eigenvalue weighted by molar-refractivity contribution is 6.18. The zero-order valence-electron chi connectivity index (χ0n) is 29.4. The van der Waals surface area contributed by atoms with Crippen molar-refractivity contribution >= 4 is 23.5 Å². The van der Waals surface area contributed by atoms with Gasteiger partial charge in [0.2, 0.25) is 0 Å². The predicted molar refractivity (Wildman–Crippen MR) is 191 cm³/mol. The average molecular weight is 641 g/mol. The third-order valence-electron chi connectivity index (χ3n) is 8.53. The van der Waals surface area contributed by atoms with Crippen LogP contribution in [0.25, 0.3) is 0 Å². The second kappa shape index (κ2) is 36.4. The first-order valence-electron chi connectivity index (χ1n) is 19.2. The Kier molecular flexibility index (Phi) is 35.6. The molecule has 44 heavy (non-hydrogen) atoms. The largest absolute Gasteiger partial charge is 0.462 e. The van der Waals surface area contributed by atoms with E-state index in [9.17, 15) is 9.59 Å². The number of allylic oxidation sites excluding steroid dienone is 2. The number of esters is 2. The number of rotatable bonds is 35. The van der Waals surface area contributed by atoms with Gasteiger partial charge in [-0.15, -0.1) is 11.6 Å². The monoisotopic (exact) mass is 641 g/mol. The van der Waals surface area contributed by atoms with Gasteiger partial charge in [0.05, 0.1) is 5.88 Å². The Morgan fingerprint density at radius 2 is 0.841 bits per heavy atom. The molecule has 0 radical (unpaired) electrons. The van der Waals surface area contributed by atoms with Crippen LogP contribution in [0.3, 0.4) is 0 Å². The number of hydrogen-bond acceptors (Lipinski definition) is 4. The summed E-state index contributed by atoms with van der Waals surface area (Å²) in [5.74, 6) is -0.319. The summed E-state index contributed by atoms with van der Waals surface area (Å²) in [4.78, 5) is 24.3. The minimum absolute atomic E-state index is 0.0536. The summed E-state index contributed by atoms with van der Waals surface area (Å²) in [5.41, 5.74) is 0. The molecule has 0 spiro atoms. The number of carbonyl (C=O) groups is 2. The topological polar surface area (TPSA) is 52.6 Å². The fourth-order valence-corrected chi connectivity index (χ4v) is 5.75. The molecule has 0 aliphatic rings. The third-order valence-corrected chi connectivity index (χ3v) is 8.87. The van der Waals surface area contributed by atoms with Crippen LogP contribution in [0.15, 0.2) is 12.2 Å². The van der Waals surface area contributed by atoms with Crippen LogP contribution >= 0.6 is 11.6 Å². The SMILES string of the molecule is CCCCCCCC/C=C\CCCCCCCC(=O)OC[C@@H](CCl)OC(=O)CCCCCCCCCCCCCCCCC. The molecule has 0 aromatic heterocycles. The lowest BCUT2D eigenvalue weighted by molar-refractivity contribution is -0.157. The van der Waals surface area contributed by atoms with Gasteiger partial charge in [0, 0.05) is 12.8 Å². The van der Waals surface area contributed by atoms with E-state index in [0.717, 1.165) is 38.5 Å². The highest BCUT2D eigenvalue weighted by Crippen LogP contribution is 2.15. The van der Waals surface area contributed by atoms with E-state index in [0.29, 0.717) is 12.8 Å². The summed E-state index contributed by atoms with van der Waals surface area (Å²) >= 11 is 5.97. The lowest BCUT2D eigenvalue weighted by atomic mass is 10.0. The van der Waals surface area contributed by atoms with Gasteiger partial charge >= 0.3 is 11.9 Å². The van der Waals surface area contributed by atoms with Gasteiger partial charge in [-0.1, -0.05) is 167 Å². The number of halogens is 1. The van der Waals surface area contributed by atoms with Crippen molar-refractivity contribution in [2.45, 2.75) is 213 Å². The molecule has 4 nitrogen and oxygen atoms in total. The minimum Gasteiger partial charge on any atom is -0.462 e. The molecule has 0 saturated carbocycles. The summed E-state index contributed by atoms with van der Waals surface area (Å²) in [5, 5.41) is 0. The first kappa shape index (κ1) is 43.0. The first-order valence-corrected chi connectivity index (χ1v) is 19.7. The van der Waals surface area contributed by atoms with Gasteiger partial charge in [0.25, 0.3) is 0 Å². The normalized spacial score (nSPS) is 12.2. The van der Waals surface area contributed by atoms with Crippen LogP contribution in [0.4, 0.5) is 0 Å². The Morgan fingerprint density at radius 1 is 0.500 bits per heavy atom. The van der Waals surface area contributed by atoms with E-state index >= 15 is 0 Å². The number of hydrogen-bond donors (Lipinski definition) is 0. The van der Waals surface area contributed by atoms with E-state index in [1.54, 1.807) is 0 Å². The summed E-state index contributed by atoms with van der Waals surface area (Å²) in [6.07, 6.45) is 40.5. The van der Waals surface area contributed by atoms with E-state index in [-0.39, 0.29) is 24.4 Å². The molecule has 260 valence electrons. The highest BCUT2D eigenvalue weighted by Gasteiger charge is 2.16. The molecule has 1 atom stereocenters. The van der Waals surface area contributed by atoms with Crippen molar-refractivity contribution in [1.29, 1.82) is 0 Å². The molecule has 0 aromatic carbocycles. The van der Waals surface area contributed by atoms with Gasteiger partial charge in [-0.05, 0) is 38.5 Å².